The Hall–Kier alpha value is -1.16. The van der Waals surface area contributed by atoms with E-state index in [9.17, 15) is 0 Å². The van der Waals surface area contributed by atoms with Crippen LogP contribution in [-0.4, -0.2) is 40.9 Å². The van der Waals surface area contributed by atoms with Crippen LogP contribution in [0.5, 0.6) is 0 Å². The molecular weight excluding hydrogens is 378 g/mol. The zero-order valence-electron chi connectivity index (χ0n) is 18.8. The summed E-state index contributed by atoms with van der Waals surface area (Å²) in [4.78, 5) is 6.96. The summed E-state index contributed by atoms with van der Waals surface area (Å²) in [6.07, 6.45) is 12.9. The summed E-state index contributed by atoms with van der Waals surface area (Å²) in [5.41, 5.74) is 4.38. The van der Waals surface area contributed by atoms with Gasteiger partial charge in [-0.2, -0.15) is 0 Å². The van der Waals surface area contributed by atoms with Crippen molar-refractivity contribution < 1.29 is 0 Å². The number of piperidine rings is 1. The van der Waals surface area contributed by atoms with Gasteiger partial charge < -0.3 is 10.2 Å². The van der Waals surface area contributed by atoms with Gasteiger partial charge in [-0.25, -0.2) is 0 Å². The van der Waals surface area contributed by atoms with Crippen molar-refractivity contribution in [2.45, 2.75) is 65.4 Å². The first kappa shape index (κ1) is 22.5. The third-order valence-electron chi connectivity index (χ3n) is 6.75. The Balaban J connectivity index is 1.59. The van der Waals surface area contributed by atoms with Crippen molar-refractivity contribution in [2.75, 3.05) is 19.6 Å². The van der Waals surface area contributed by atoms with Crippen LogP contribution >= 0.6 is 11.6 Å². The van der Waals surface area contributed by atoms with Crippen LogP contribution in [-0.2, 0) is 6.54 Å². The summed E-state index contributed by atoms with van der Waals surface area (Å²) < 4.78 is 0. The number of likely N-dealkylation sites (tertiary alicyclic amines) is 1. The molecule has 3 nitrogen and oxygen atoms in total. The van der Waals surface area contributed by atoms with Gasteiger partial charge in [-0.1, -0.05) is 45.9 Å². The van der Waals surface area contributed by atoms with Crippen molar-refractivity contribution in [1.82, 2.24) is 15.2 Å². The summed E-state index contributed by atoms with van der Waals surface area (Å²) in [7, 11) is 0. The van der Waals surface area contributed by atoms with Gasteiger partial charge in [0.25, 0.3) is 0 Å². The maximum Gasteiger partial charge on any atom is 0.0553 e. The standard InChI is InChI=1S/C25H38ClN3/c1-18(2)24(28-15-21-14-27-12-10-19(21)3)16-29-13-11-23(25(4,5)17-29)20-6-8-22(26)9-7-20/h6-8,10,12,14,18,22-24,28H,9,11,13,15-17H2,1-5H3/t22?,23-,24+/m1/s1. The van der Waals surface area contributed by atoms with E-state index in [4.69, 9.17) is 11.6 Å². The molecule has 1 fully saturated rings. The predicted octanol–water partition coefficient (Wildman–Crippen LogP) is 5.35. The summed E-state index contributed by atoms with van der Waals surface area (Å²) in [6, 6.07) is 2.57. The number of allylic oxidation sites excluding steroid dienone is 4. The molecule has 1 aromatic heterocycles. The number of hydrogen-bond donors (Lipinski definition) is 1. The van der Waals surface area contributed by atoms with E-state index in [2.05, 4.69) is 74.1 Å². The Labute approximate surface area is 182 Å². The van der Waals surface area contributed by atoms with Gasteiger partial charge in [0, 0.05) is 38.1 Å². The molecule has 1 aromatic rings. The molecule has 0 amide bonds. The molecule has 0 spiro atoms. The number of aryl methyl sites for hydroxylation is 1. The first-order valence-electron chi connectivity index (χ1n) is 11.1. The van der Waals surface area contributed by atoms with E-state index in [0.717, 1.165) is 26.1 Å². The van der Waals surface area contributed by atoms with Crippen LogP contribution in [0.3, 0.4) is 0 Å². The minimum Gasteiger partial charge on any atom is -0.308 e. The van der Waals surface area contributed by atoms with Crippen LogP contribution in [0.4, 0.5) is 0 Å². The SMILES string of the molecule is Cc1ccncc1CN[C@@H](CN1CC[C@H](C2=CCC(Cl)C=C2)C(C)(C)C1)C(C)C. The number of pyridine rings is 1. The lowest BCUT2D eigenvalue weighted by Gasteiger charge is -2.46. The smallest absolute Gasteiger partial charge is 0.0553 e. The number of nitrogens with zero attached hydrogens (tertiary/aromatic N) is 2. The zero-order chi connectivity index (χ0) is 21.0. The average Bonchev–Trinajstić information content (AvgIpc) is 2.66. The monoisotopic (exact) mass is 415 g/mol. The highest BCUT2D eigenvalue weighted by Crippen LogP contribution is 2.41. The number of rotatable bonds is 7. The Kier molecular flexibility index (Phi) is 7.58. The highest BCUT2D eigenvalue weighted by Gasteiger charge is 2.38. The lowest BCUT2D eigenvalue weighted by molar-refractivity contribution is 0.0630. The first-order chi connectivity index (χ1) is 13.8. The summed E-state index contributed by atoms with van der Waals surface area (Å²) in [5.74, 6) is 1.22. The van der Waals surface area contributed by atoms with E-state index in [1.54, 1.807) is 0 Å². The highest BCUT2D eigenvalue weighted by atomic mass is 35.5. The van der Waals surface area contributed by atoms with E-state index < -0.39 is 0 Å². The average molecular weight is 416 g/mol. The van der Waals surface area contributed by atoms with Gasteiger partial charge in [0.15, 0.2) is 0 Å². The molecule has 3 rings (SSSR count). The minimum atomic E-state index is 0.170. The third kappa shape index (κ3) is 5.93. The second-order valence-corrected chi connectivity index (χ2v) is 10.5. The Morgan fingerprint density at radius 1 is 1.34 bits per heavy atom. The lowest BCUT2D eigenvalue weighted by atomic mass is 9.69. The molecule has 1 aliphatic carbocycles. The van der Waals surface area contributed by atoms with Crippen molar-refractivity contribution in [3.63, 3.8) is 0 Å². The molecule has 2 aliphatic rings. The van der Waals surface area contributed by atoms with Crippen LogP contribution in [0.2, 0.25) is 0 Å². The third-order valence-corrected chi connectivity index (χ3v) is 7.07. The number of aromatic nitrogens is 1. The van der Waals surface area contributed by atoms with E-state index >= 15 is 0 Å². The van der Waals surface area contributed by atoms with E-state index in [1.165, 1.54) is 29.7 Å². The fraction of sp³-hybridized carbons (Fsp3) is 0.640. The van der Waals surface area contributed by atoms with Gasteiger partial charge >= 0.3 is 0 Å². The molecule has 1 aliphatic heterocycles. The summed E-state index contributed by atoms with van der Waals surface area (Å²) in [5, 5.41) is 3.98. The van der Waals surface area contributed by atoms with Crippen molar-refractivity contribution in [3.8, 4) is 0 Å². The Morgan fingerprint density at radius 3 is 2.76 bits per heavy atom. The van der Waals surface area contributed by atoms with Gasteiger partial charge in [-0.15, -0.1) is 11.6 Å². The highest BCUT2D eigenvalue weighted by molar-refractivity contribution is 6.22. The number of nitrogens with one attached hydrogen (secondary N) is 1. The molecule has 0 saturated carbocycles. The van der Waals surface area contributed by atoms with Crippen LogP contribution in [0.1, 0.15) is 51.7 Å². The largest absolute Gasteiger partial charge is 0.308 e. The van der Waals surface area contributed by atoms with Gasteiger partial charge in [0.2, 0.25) is 0 Å². The molecule has 4 heteroatoms. The molecule has 160 valence electrons. The Morgan fingerprint density at radius 2 is 2.14 bits per heavy atom. The van der Waals surface area contributed by atoms with E-state index in [-0.39, 0.29) is 10.8 Å². The Bertz CT molecular complexity index is 737. The molecule has 1 N–H and O–H groups in total. The van der Waals surface area contributed by atoms with E-state index in [1.807, 2.05) is 12.4 Å². The number of alkyl halides is 1. The molecule has 29 heavy (non-hydrogen) atoms. The second-order valence-electron chi connectivity index (χ2n) is 9.91. The predicted molar refractivity (Wildman–Crippen MR) is 124 cm³/mol. The van der Waals surface area contributed by atoms with Crippen LogP contribution in [0, 0.1) is 24.2 Å². The first-order valence-corrected chi connectivity index (χ1v) is 11.6. The van der Waals surface area contributed by atoms with Gasteiger partial charge in [-0.3, -0.25) is 4.98 Å². The molecule has 1 saturated heterocycles. The second kappa shape index (κ2) is 9.76. The van der Waals surface area contributed by atoms with Crippen LogP contribution in [0.25, 0.3) is 0 Å². The van der Waals surface area contributed by atoms with Crippen LogP contribution < -0.4 is 5.32 Å². The quantitative estimate of drug-likeness (QED) is 0.608. The van der Waals surface area contributed by atoms with Crippen LogP contribution in [0.15, 0.2) is 42.3 Å². The summed E-state index contributed by atoms with van der Waals surface area (Å²) in [6.45, 7) is 16.0. The molecule has 3 atom stereocenters. The van der Waals surface area contributed by atoms with Crippen molar-refractivity contribution in [1.29, 1.82) is 0 Å². The molecule has 0 aromatic carbocycles. The van der Waals surface area contributed by atoms with E-state index in [0.29, 0.717) is 17.9 Å². The maximum atomic E-state index is 6.24. The fourth-order valence-electron chi connectivity index (χ4n) is 4.82. The van der Waals surface area contributed by atoms with Gasteiger partial charge in [0.05, 0.1) is 5.38 Å². The molecule has 0 radical (unpaired) electrons. The molecular formula is C25H38ClN3. The topological polar surface area (TPSA) is 28.2 Å². The molecule has 1 unspecified atom stereocenters. The number of halogens is 1. The van der Waals surface area contributed by atoms with Crippen molar-refractivity contribution >= 4 is 11.6 Å². The van der Waals surface area contributed by atoms with Gasteiger partial charge in [-0.05, 0) is 66.3 Å². The van der Waals surface area contributed by atoms with Crippen molar-refractivity contribution in [3.05, 3.63) is 53.4 Å². The number of hydrogen-bond acceptors (Lipinski definition) is 3. The minimum absolute atomic E-state index is 0.170. The fourth-order valence-corrected chi connectivity index (χ4v) is 4.98. The molecule has 2 heterocycles. The van der Waals surface area contributed by atoms with Crippen molar-refractivity contribution in [2.24, 2.45) is 17.3 Å². The van der Waals surface area contributed by atoms with Gasteiger partial charge in [0.1, 0.15) is 0 Å². The zero-order valence-corrected chi connectivity index (χ0v) is 19.5. The lowest BCUT2D eigenvalue weighted by Crippen LogP contribution is -2.51. The maximum absolute atomic E-state index is 6.24. The normalized spacial score (nSPS) is 25.8. The molecule has 0 bridgehead atoms. The summed E-state index contributed by atoms with van der Waals surface area (Å²) >= 11 is 6.24.